The molecule has 0 unspecified atom stereocenters. The summed E-state index contributed by atoms with van der Waals surface area (Å²) in [5.41, 5.74) is 1.18. The van der Waals surface area contributed by atoms with Crippen molar-refractivity contribution < 1.29 is 27.8 Å². The van der Waals surface area contributed by atoms with Crippen LogP contribution in [0, 0.1) is 11.6 Å². The Kier molecular flexibility index (Phi) is 7.55. The van der Waals surface area contributed by atoms with Crippen LogP contribution in [0.2, 0.25) is 0 Å². The summed E-state index contributed by atoms with van der Waals surface area (Å²) in [4.78, 5) is 25.3. The van der Waals surface area contributed by atoms with Gasteiger partial charge in [0.05, 0.1) is 6.61 Å². The van der Waals surface area contributed by atoms with Crippen molar-refractivity contribution in [1.29, 1.82) is 0 Å². The molecule has 0 saturated heterocycles. The van der Waals surface area contributed by atoms with Crippen LogP contribution in [0.1, 0.15) is 27.6 Å². The zero-order chi connectivity index (χ0) is 25.5. The molecule has 2 amide bonds. The molecule has 0 fully saturated rings. The summed E-state index contributed by atoms with van der Waals surface area (Å²) >= 11 is 0. The van der Waals surface area contributed by atoms with Crippen LogP contribution in [0.4, 0.5) is 20.2 Å². The van der Waals surface area contributed by atoms with Crippen molar-refractivity contribution in [2.24, 2.45) is 0 Å². The molecule has 4 aromatic carbocycles. The third-order valence-electron chi connectivity index (χ3n) is 5.01. The van der Waals surface area contributed by atoms with E-state index in [-0.39, 0.29) is 11.1 Å². The average molecular weight is 488 g/mol. The SMILES string of the molecule is CCOc1ccc(Oc2cc(NC(=O)c3ccc(F)cc3)cc(NC(=O)c3ccc(F)cc3)c2)cc1. The Morgan fingerprint density at radius 1 is 0.639 bits per heavy atom. The second-order valence-electron chi connectivity index (χ2n) is 7.67. The van der Waals surface area contributed by atoms with Crippen LogP contribution in [-0.2, 0) is 0 Å². The molecule has 4 aromatic rings. The van der Waals surface area contributed by atoms with Crippen LogP contribution in [0.15, 0.2) is 91.0 Å². The predicted molar refractivity (Wildman–Crippen MR) is 133 cm³/mol. The molecule has 0 saturated carbocycles. The van der Waals surface area contributed by atoms with E-state index in [2.05, 4.69) is 10.6 Å². The molecule has 0 atom stereocenters. The fraction of sp³-hybridized carbons (Fsp3) is 0.0714. The number of hydrogen-bond acceptors (Lipinski definition) is 4. The largest absolute Gasteiger partial charge is 0.494 e. The Hall–Kier alpha value is -4.72. The van der Waals surface area contributed by atoms with Crippen molar-refractivity contribution in [3.05, 3.63) is 114 Å². The predicted octanol–water partition coefficient (Wildman–Crippen LogP) is 6.66. The van der Waals surface area contributed by atoms with E-state index in [1.807, 2.05) is 6.92 Å². The highest BCUT2D eigenvalue weighted by Crippen LogP contribution is 2.30. The van der Waals surface area contributed by atoms with E-state index in [1.165, 1.54) is 48.5 Å². The molecule has 0 heterocycles. The Morgan fingerprint density at radius 3 is 1.53 bits per heavy atom. The van der Waals surface area contributed by atoms with Crippen LogP contribution in [0.5, 0.6) is 17.2 Å². The lowest BCUT2D eigenvalue weighted by Gasteiger charge is -2.13. The molecule has 6 nitrogen and oxygen atoms in total. The van der Waals surface area contributed by atoms with Gasteiger partial charge in [0.2, 0.25) is 0 Å². The number of hydrogen-bond donors (Lipinski definition) is 2. The van der Waals surface area contributed by atoms with Gasteiger partial charge in [-0.2, -0.15) is 0 Å². The number of anilines is 2. The smallest absolute Gasteiger partial charge is 0.255 e. The highest BCUT2D eigenvalue weighted by atomic mass is 19.1. The van der Waals surface area contributed by atoms with Crippen molar-refractivity contribution in [1.82, 2.24) is 0 Å². The molecular formula is C28H22F2N2O4. The van der Waals surface area contributed by atoms with Gasteiger partial charge >= 0.3 is 0 Å². The summed E-state index contributed by atoms with van der Waals surface area (Å²) in [6, 6.07) is 21.9. The Labute approximate surface area is 206 Å². The molecule has 36 heavy (non-hydrogen) atoms. The molecular weight excluding hydrogens is 466 g/mol. The minimum atomic E-state index is -0.468. The first kappa shape index (κ1) is 24.4. The third-order valence-corrected chi connectivity index (χ3v) is 5.01. The number of amides is 2. The molecule has 0 aromatic heterocycles. The Morgan fingerprint density at radius 2 is 1.08 bits per heavy atom. The normalized spacial score (nSPS) is 10.4. The summed E-state index contributed by atoms with van der Waals surface area (Å²) < 4.78 is 37.8. The molecule has 182 valence electrons. The van der Waals surface area contributed by atoms with Crippen molar-refractivity contribution in [3.8, 4) is 17.2 Å². The highest BCUT2D eigenvalue weighted by Gasteiger charge is 2.12. The number of halogens is 2. The number of ether oxygens (including phenoxy) is 2. The lowest BCUT2D eigenvalue weighted by molar-refractivity contribution is 0.101. The molecule has 0 radical (unpaired) electrons. The first-order chi connectivity index (χ1) is 17.4. The zero-order valence-electron chi connectivity index (χ0n) is 19.3. The minimum Gasteiger partial charge on any atom is -0.494 e. The summed E-state index contributed by atoms with van der Waals surface area (Å²) in [5.74, 6) is -0.307. The Balaban J connectivity index is 1.60. The van der Waals surface area contributed by atoms with Gasteiger partial charge in [-0.25, -0.2) is 8.78 Å². The van der Waals surface area contributed by atoms with Crippen LogP contribution in [0.25, 0.3) is 0 Å². The maximum Gasteiger partial charge on any atom is 0.255 e. The third kappa shape index (κ3) is 6.44. The quantitative estimate of drug-likeness (QED) is 0.291. The first-order valence-electron chi connectivity index (χ1n) is 11.1. The van der Waals surface area contributed by atoms with Crippen molar-refractivity contribution in [2.75, 3.05) is 17.2 Å². The van der Waals surface area contributed by atoms with E-state index in [0.29, 0.717) is 35.2 Å². The average Bonchev–Trinajstić information content (AvgIpc) is 2.86. The van der Waals surface area contributed by atoms with Gasteiger partial charge in [0.1, 0.15) is 28.9 Å². The van der Waals surface area contributed by atoms with Crippen LogP contribution < -0.4 is 20.1 Å². The second kappa shape index (κ2) is 11.1. The van der Waals surface area contributed by atoms with E-state index in [9.17, 15) is 18.4 Å². The number of rotatable bonds is 8. The fourth-order valence-corrected chi connectivity index (χ4v) is 3.32. The van der Waals surface area contributed by atoms with E-state index in [4.69, 9.17) is 9.47 Å². The van der Waals surface area contributed by atoms with E-state index >= 15 is 0 Å². The molecule has 0 aliphatic heterocycles. The van der Waals surface area contributed by atoms with Gasteiger partial charge in [-0.15, -0.1) is 0 Å². The highest BCUT2D eigenvalue weighted by molar-refractivity contribution is 6.06. The zero-order valence-corrected chi connectivity index (χ0v) is 19.3. The maximum absolute atomic E-state index is 13.2. The monoisotopic (exact) mass is 488 g/mol. The van der Waals surface area contributed by atoms with Gasteiger partial charge in [0.15, 0.2) is 0 Å². The van der Waals surface area contributed by atoms with Crippen molar-refractivity contribution in [2.45, 2.75) is 6.92 Å². The van der Waals surface area contributed by atoms with Crippen molar-refractivity contribution in [3.63, 3.8) is 0 Å². The maximum atomic E-state index is 13.2. The lowest BCUT2D eigenvalue weighted by Crippen LogP contribution is -2.14. The summed E-state index contributed by atoms with van der Waals surface area (Å²) in [7, 11) is 0. The fourth-order valence-electron chi connectivity index (χ4n) is 3.32. The van der Waals surface area contributed by atoms with Gasteiger partial charge in [-0.3, -0.25) is 9.59 Å². The topological polar surface area (TPSA) is 76.7 Å². The molecule has 0 spiro atoms. The Bertz CT molecular complexity index is 1280. The molecule has 0 bridgehead atoms. The van der Waals surface area contributed by atoms with Crippen LogP contribution in [-0.4, -0.2) is 18.4 Å². The van der Waals surface area contributed by atoms with E-state index in [1.54, 1.807) is 42.5 Å². The van der Waals surface area contributed by atoms with Crippen molar-refractivity contribution >= 4 is 23.2 Å². The molecule has 0 aliphatic carbocycles. The molecule has 4 rings (SSSR count). The number of nitrogens with one attached hydrogen (secondary N) is 2. The summed E-state index contributed by atoms with van der Waals surface area (Å²) in [6.45, 7) is 2.42. The molecule has 2 N–H and O–H groups in total. The van der Waals surface area contributed by atoms with Gasteiger partial charge in [-0.05, 0) is 85.8 Å². The van der Waals surface area contributed by atoms with E-state index < -0.39 is 23.4 Å². The first-order valence-corrected chi connectivity index (χ1v) is 11.1. The second-order valence-corrected chi connectivity index (χ2v) is 7.67. The van der Waals surface area contributed by atoms with Gasteiger partial charge < -0.3 is 20.1 Å². The molecule has 0 aliphatic rings. The number of carbonyl (C=O) groups excluding carboxylic acids is 2. The summed E-state index contributed by atoms with van der Waals surface area (Å²) in [5, 5.41) is 5.46. The van der Waals surface area contributed by atoms with Gasteiger partial charge in [-0.1, -0.05) is 0 Å². The lowest BCUT2D eigenvalue weighted by atomic mass is 10.2. The minimum absolute atomic E-state index is 0.256. The van der Waals surface area contributed by atoms with Crippen LogP contribution in [0.3, 0.4) is 0 Å². The van der Waals surface area contributed by atoms with Crippen LogP contribution >= 0.6 is 0 Å². The van der Waals surface area contributed by atoms with Gasteiger partial charge in [0.25, 0.3) is 11.8 Å². The number of benzene rings is 4. The standard InChI is InChI=1S/C28H22F2N2O4/c1-2-35-24-11-13-25(14-12-24)36-26-16-22(31-27(33)18-3-7-20(29)8-4-18)15-23(17-26)32-28(34)19-5-9-21(30)10-6-19/h3-17H,2H2,1H3,(H,31,33)(H,32,34). The number of carbonyl (C=O) groups is 2. The van der Waals surface area contributed by atoms with Gasteiger partial charge in [0, 0.05) is 34.6 Å². The molecule has 8 heteroatoms. The van der Waals surface area contributed by atoms with E-state index in [0.717, 1.165) is 0 Å². The summed E-state index contributed by atoms with van der Waals surface area (Å²) in [6.07, 6.45) is 0.